The van der Waals surface area contributed by atoms with E-state index in [1.54, 1.807) is 0 Å². The Labute approximate surface area is 75.4 Å². The van der Waals surface area contributed by atoms with Crippen LogP contribution >= 0.6 is 0 Å². The Morgan fingerprint density at radius 2 is 2.33 bits per heavy atom. The topological polar surface area (TPSA) is 0 Å². The maximum atomic E-state index is 5.24. The summed E-state index contributed by atoms with van der Waals surface area (Å²) in [5.74, 6) is 3.39. The van der Waals surface area contributed by atoms with Gasteiger partial charge in [0.1, 0.15) is 0 Å². The molecule has 0 amide bonds. The molecule has 0 nitrogen and oxygen atoms in total. The Morgan fingerprint density at radius 3 is 3.00 bits per heavy atom. The highest BCUT2D eigenvalue weighted by Crippen LogP contribution is 2.31. The van der Waals surface area contributed by atoms with Crippen molar-refractivity contribution in [2.75, 3.05) is 0 Å². The van der Waals surface area contributed by atoms with E-state index in [-0.39, 0.29) is 0 Å². The molecular formula is C12H16. The molecule has 1 atom stereocenters. The summed E-state index contributed by atoms with van der Waals surface area (Å²) in [4.78, 5) is 0. The first-order chi connectivity index (χ1) is 5.88. The van der Waals surface area contributed by atoms with Crippen LogP contribution in [-0.4, -0.2) is 0 Å². The lowest BCUT2D eigenvalue weighted by Gasteiger charge is -2.22. The summed E-state index contributed by atoms with van der Waals surface area (Å²) in [5.41, 5.74) is 4.47. The number of terminal acetylenes is 1. The number of hydrogen-bond donors (Lipinski definition) is 0. The summed E-state index contributed by atoms with van der Waals surface area (Å²) < 4.78 is 0. The highest BCUT2D eigenvalue weighted by molar-refractivity contribution is 5.07. The third-order valence-corrected chi connectivity index (χ3v) is 2.61. The van der Waals surface area contributed by atoms with Crippen molar-refractivity contribution in [1.82, 2.24) is 0 Å². The lowest BCUT2D eigenvalue weighted by Crippen LogP contribution is -2.08. The van der Waals surface area contributed by atoms with Crippen LogP contribution in [0.5, 0.6) is 0 Å². The second-order valence-electron chi connectivity index (χ2n) is 3.39. The molecule has 0 aromatic rings. The fourth-order valence-electron chi connectivity index (χ4n) is 1.89. The Morgan fingerprint density at radius 1 is 1.50 bits per heavy atom. The van der Waals surface area contributed by atoms with Gasteiger partial charge in [-0.15, -0.1) is 18.1 Å². The van der Waals surface area contributed by atoms with Gasteiger partial charge in [0, 0.05) is 6.42 Å². The lowest BCUT2D eigenvalue weighted by molar-refractivity contribution is 0.434. The molecule has 1 fully saturated rings. The SMILES string of the molecule is C#CCCC1CCCCC1=C=C. The van der Waals surface area contributed by atoms with E-state index in [2.05, 4.69) is 18.2 Å². The lowest BCUT2D eigenvalue weighted by atomic mass is 9.82. The number of rotatable bonds is 2. The minimum Gasteiger partial charge on any atom is -0.129 e. The van der Waals surface area contributed by atoms with Crippen molar-refractivity contribution in [3.8, 4) is 12.3 Å². The molecule has 0 heteroatoms. The molecule has 0 saturated heterocycles. The number of allylic oxidation sites excluding steroid dienone is 1. The van der Waals surface area contributed by atoms with Crippen LogP contribution in [0, 0.1) is 18.3 Å². The molecule has 1 saturated carbocycles. The van der Waals surface area contributed by atoms with Gasteiger partial charge in [-0.05, 0) is 37.2 Å². The summed E-state index contributed by atoms with van der Waals surface area (Å²) >= 11 is 0. The fraction of sp³-hybridized carbons (Fsp3) is 0.583. The molecule has 1 aliphatic carbocycles. The molecule has 12 heavy (non-hydrogen) atoms. The van der Waals surface area contributed by atoms with Crippen LogP contribution in [0.1, 0.15) is 38.5 Å². The fourth-order valence-corrected chi connectivity index (χ4v) is 1.89. The summed E-state index contributed by atoms with van der Waals surface area (Å²) in [6.45, 7) is 3.73. The van der Waals surface area contributed by atoms with E-state index in [4.69, 9.17) is 6.42 Å². The predicted molar refractivity (Wildman–Crippen MR) is 52.7 cm³/mol. The van der Waals surface area contributed by atoms with Gasteiger partial charge in [0.2, 0.25) is 0 Å². The van der Waals surface area contributed by atoms with Crippen LogP contribution in [0.15, 0.2) is 17.9 Å². The molecule has 1 rings (SSSR count). The molecular weight excluding hydrogens is 144 g/mol. The third-order valence-electron chi connectivity index (χ3n) is 2.61. The predicted octanol–water partition coefficient (Wildman–Crippen LogP) is 3.30. The molecule has 0 N–H and O–H groups in total. The van der Waals surface area contributed by atoms with E-state index in [9.17, 15) is 0 Å². The van der Waals surface area contributed by atoms with Crippen LogP contribution in [0.4, 0.5) is 0 Å². The van der Waals surface area contributed by atoms with Gasteiger partial charge >= 0.3 is 0 Å². The molecule has 0 heterocycles. The molecule has 0 bridgehead atoms. The molecule has 64 valence electrons. The van der Waals surface area contributed by atoms with E-state index < -0.39 is 0 Å². The maximum absolute atomic E-state index is 5.24. The van der Waals surface area contributed by atoms with Gasteiger partial charge < -0.3 is 0 Å². The Kier molecular flexibility index (Phi) is 3.71. The van der Waals surface area contributed by atoms with E-state index in [1.807, 2.05) is 0 Å². The van der Waals surface area contributed by atoms with E-state index in [0.29, 0.717) is 5.92 Å². The molecule has 0 radical (unpaired) electrons. The van der Waals surface area contributed by atoms with E-state index in [1.165, 1.54) is 31.3 Å². The first kappa shape index (κ1) is 9.17. The van der Waals surface area contributed by atoms with Crippen molar-refractivity contribution < 1.29 is 0 Å². The van der Waals surface area contributed by atoms with E-state index in [0.717, 1.165) is 12.8 Å². The first-order valence-electron chi connectivity index (χ1n) is 4.70. The summed E-state index contributed by atoms with van der Waals surface area (Å²) in [6, 6.07) is 0. The average Bonchev–Trinajstić information content (AvgIpc) is 2.15. The molecule has 0 aliphatic heterocycles. The molecule has 1 aliphatic rings. The Bertz CT molecular complexity index is 223. The van der Waals surface area contributed by atoms with Crippen LogP contribution in [0.25, 0.3) is 0 Å². The monoisotopic (exact) mass is 160 g/mol. The second kappa shape index (κ2) is 4.86. The summed E-state index contributed by atoms with van der Waals surface area (Å²) in [5, 5.41) is 0. The van der Waals surface area contributed by atoms with Crippen LogP contribution < -0.4 is 0 Å². The van der Waals surface area contributed by atoms with Gasteiger partial charge in [0.15, 0.2) is 0 Å². The Balaban J connectivity index is 2.49. The van der Waals surface area contributed by atoms with Crippen LogP contribution in [0.3, 0.4) is 0 Å². The maximum Gasteiger partial charge on any atom is 0.00919 e. The molecule has 0 aromatic carbocycles. The van der Waals surface area contributed by atoms with E-state index >= 15 is 0 Å². The van der Waals surface area contributed by atoms with Crippen molar-refractivity contribution in [2.24, 2.45) is 5.92 Å². The van der Waals surface area contributed by atoms with Gasteiger partial charge in [-0.3, -0.25) is 0 Å². The Hall–Kier alpha value is -0.920. The van der Waals surface area contributed by atoms with Gasteiger partial charge in [-0.1, -0.05) is 13.0 Å². The third kappa shape index (κ3) is 2.29. The highest BCUT2D eigenvalue weighted by atomic mass is 14.2. The summed E-state index contributed by atoms with van der Waals surface area (Å²) in [6.07, 6.45) is 12.4. The minimum absolute atomic E-state index is 0.687. The zero-order valence-corrected chi connectivity index (χ0v) is 7.60. The van der Waals surface area contributed by atoms with Crippen molar-refractivity contribution in [3.05, 3.63) is 17.9 Å². The van der Waals surface area contributed by atoms with Crippen molar-refractivity contribution >= 4 is 0 Å². The second-order valence-corrected chi connectivity index (χ2v) is 3.39. The molecule has 1 unspecified atom stereocenters. The van der Waals surface area contributed by atoms with Crippen LogP contribution in [0.2, 0.25) is 0 Å². The summed E-state index contributed by atoms with van der Waals surface area (Å²) in [7, 11) is 0. The standard InChI is InChI=1S/C12H16/c1-3-5-8-12-10-7-6-9-11(12)4-2/h1,12H,2,5-10H2. The van der Waals surface area contributed by atoms with Gasteiger partial charge in [0.25, 0.3) is 0 Å². The van der Waals surface area contributed by atoms with Crippen molar-refractivity contribution in [3.63, 3.8) is 0 Å². The smallest absolute Gasteiger partial charge is 0.00919 e. The van der Waals surface area contributed by atoms with Gasteiger partial charge in [-0.25, -0.2) is 0 Å². The largest absolute Gasteiger partial charge is 0.129 e. The van der Waals surface area contributed by atoms with Gasteiger partial charge in [0.05, 0.1) is 0 Å². The first-order valence-corrected chi connectivity index (χ1v) is 4.70. The molecule has 0 aromatic heterocycles. The zero-order chi connectivity index (χ0) is 8.81. The average molecular weight is 160 g/mol. The molecule has 0 spiro atoms. The van der Waals surface area contributed by atoms with Crippen LogP contribution in [-0.2, 0) is 0 Å². The number of hydrogen-bond acceptors (Lipinski definition) is 0. The van der Waals surface area contributed by atoms with Crippen molar-refractivity contribution in [1.29, 1.82) is 0 Å². The minimum atomic E-state index is 0.687. The van der Waals surface area contributed by atoms with Crippen molar-refractivity contribution in [2.45, 2.75) is 38.5 Å². The quantitative estimate of drug-likeness (QED) is 0.429. The highest BCUT2D eigenvalue weighted by Gasteiger charge is 2.17. The van der Waals surface area contributed by atoms with Gasteiger partial charge in [-0.2, -0.15) is 0 Å². The normalized spacial score (nSPS) is 22.9. The zero-order valence-electron chi connectivity index (χ0n) is 7.60.